The summed E-state index contributed by atoms with van der Waals surface area (Å²) < 4.78 is 30.0. The fourth-order valence-electron chi connectivity index (χ4n) is 3.70. The molecule has 8 nitrogen and oxygen atoms in total. The van der Waals surface area contributed by atoms with E-state index in [9.17, 15) is 13.6 Å². The lowest BCUT2D eigenvalue weighted by Gasteiger charge is -2.21. The number of hydrogen-bond donors (Lipinski definition) is 2. The second-order valence-corrected chi connectivity index (χ2v) is 8.52. The number of thioether (sulfide) groups is 1. The molecule has 33 heavy (non-hydrogen) atoms. The molecule has 3 aromatic heterocycles. The molecule has 1 fully saturated rings. The minimum Gasteiger partial charge on any atom is -0.317 e. The number of aromatic amines is 1. The molecule has 1 amide bonds. The Labute approximate surface area is 193 Å². The van der Waals surface area contributed by atoms with Gasteiger partial charge in [0.1, 0.15) is 17.1 Å². The highest BCUT2D eigenvalue weighted by Gasteiger charge is 2.24. The van der Waals surface area contributed by atoms with Crippen LogP contribution in [0.2, 0.25) is 0 Å². The summed E-state index contributed by atoms with van der Waals surface area (Å²) in [6.07, 6.45) is 10.2. The molecular weight excluding hydrogens is 448 g/mol. The Morgan fingerprint density at radius 1 is 1.30 bits per heavy atom. The zero-order valence-corrected chi connectivity index (χ0v) is 18.6. The summed E-state index contributed by atoms with van der Waals surface area (Å²) >= 11 is 1.36. The number of hydrogen-bond acceptors (Lipinski definition) is 6. The molecule has 3 heterocycles. The zero-order valence-electron chi connectivity index (χ0n) is 17.8. The maximum Gasteiger partial charge on any atom is 0.274 e. The molecule has 11 heteroatoms. The highest BCUT2D eigenvalue weighted by atomic mass is 32.2. The largest absolute Gasteiger partial charge is 0.317 e. The highest BCUT2D eigenvalue weighted by Crippen LogP contribution is 2.33. The van der Waals surface area contributed by atoms with Crippen molar-refractivity contribution in [1.82, 2.24) is 25.0 Å². The Bertz CT molecular complexity index is 1150. The number of nitrogens with one attached hydrogen (secondary N) is 2. The van der Waals surface area contributed by atoms with Crippen LogP contribution in [0.25, 0.3) is 11.4 Å². The van der Waals surface area contributed by atoms with E-state index in [0.29, 0.717) is 5.75 Å². The molecule has 0 unspecified atom stereocenters. The SMILES string of the molecule is C=N/C(=C\SCc1cn[nH]c1)C(=O)Nc1cn(C2CCCCC2)nc1-c1nc(F)ccc1F. The van der Waals surface area contributed by atoms with E-state index < -0.39 is 17.7 Å². The van der Waals surface area contributed by atoms with Gasteiger partial charge < -0.3 is 5.32 Å². The van der Waals surface area contributed by atoms with E-state index in [1.807, 2.05) is 0 Å². The Morgan fingerprint density at radius 2 is 2.12 bits per heavy atom. The van der Waals surface area contributed by atoms with Gasteiger partial charge in [0.05, 0.1) is 17.9 Å². The summed E-state index contributed by atoms with van der Waals surface area (Å²) in [7, 11) is 0. The van der Waals surface area contributed by atoms with E-state index in [1.165, 1.54) is 11.8 Å². The van der Waals surface area contributed by atoms with Gasteiger partial charge in [0, 0.05) is 29.1 Å². The lowest BCUT2D eigenvalue weighted by molar-refractivity contribution is -0.112. The van der Waals surface area contributed by atoms with Gasteiger partial charge in [0.2, 0.25) is 5.95 Å². The van der Waals surface area contributed by atoms with Crippen LogP contribution in [0.4, 0.5) is 14.5 Å². The Kier molecular flexibility index (Phi) is 7.28. The third-order valence-corrected chi connectivity index (χ3v) is 6.26. The second kappa shape index (κ2) is 10.5. The van der Waals surface area contributed by atoms with Gasteiger partial charge in [-0.05, 0) is 31.7 Å². The second-order valence-electron chi connectivity index (χ2n) is 7.66. The summed E-state index contributed by atoms with van der Waals surface area (Å²) in [6, 6.07) is 2.05. The van der Waals surface area contributed by atoms with Crippen molar-refractivity contribution < 1.29 is 13.6 Å². The predicted molar refractivity (Wildman–Crippen MR) is 124 cm³/mol. The molecule has 0 aliphatic heterocycles. The summed E-state index contributed by atoms with van der Waals surface area (Å²) in [6.45, 7) is 3.47. The standard InChI is InChI=1S/C22H23F2N7OS/c1-25-18(13-33-12-14-9-26-27-10-14)22(32)28-17-11-31(15-5-3-2-4-6-15)30-21(17)20-16(23)7-8-19(24)29-20/h7-11,13,15H,1-6,12H2,(H,26,27)(H,28,32)/b18-13-. The van der Waals surface area contributed by atoms with E-state index in [0.717, 1.165) is 49.8 Å². The quantitative estimate of drug-likeness (QED) is 0.277. The first-order chi connectivity index (χ1) is 16.0. The topological polar surface area (TPSA) is 101 Å². The van der Waals surface area contributed by atoms with Gasteiger partial charge in [-0.25, -0.2) is 9.37 Å². The number of rotatable bonds is 8. The number of halogens is 2. The molecule has 4 rings (SSSR count). The molecule has 0 saturated heterocycles. The number of aromatic nitrogens is 5. The monoisotopic (exact) mass is 471 g/mol. The Morgan fingerprint density at radius 3 is 2.85 bits per heavy atom. The molecule has 3 aromatic rings. The first-order valence-corrected chi connectivity index (χ1v) is 11.6. The zero-order chi connectivity index (χ0) is 23.2. The van der Waals surface area contributed by atoms with Crippen molar-refractivity contribution in [3.8, 4) is 11.4 Å². The van der Waals surface area contributed by atoms with Crippen molar-refractivity contribution in [2.24, 2.45) is 4.99 Å². The fourth-order valence-corrected chi connectivity index (χ4v) is 4.47. The summed E-state index contributed by atoms with van der Waals surface area (Å²) in [5.41, 5.74) is 1.10. The molecule has 0 radical (unpaired) electrons. The van der Waals surface area contributed by atoms with Crippen LogP contribution in [0.5, 0.6) is 0 Å². The van der Waals surface area contributed by atoms with E-state index >= 15 is 0 Å². The maximum absolute atomic E-state index is 14.5. The lowest BCUT2D eigenvalue weighted by atomic mass is 9.96. The van der Waals surface area contributed by atoms with Crippen LogP contribution < -0.4 is 5.32 Å². The smallest absolute Gasteiger partial charge is 0.274 e. The third kappa shape index (κ3) is 5.54. The number of nitrogens with zero attached hydrogens (tertiary/aromatic N) is 5. The average molecular weight is 472 g/mol. The Balaban J connectivity index is 1.60. The van der Waals surface area contributed by atoms with Gasteiger partial charge in [0.25, 0.3) is 5.91 Å². The van der Waals surface area contributed by atoms with Crippen molar-refractivity contribution in [2.45, 2.75) is 43.9 Å². The number of carbonyl (C=O) groups is 1. The molecule has 0 atom stereocenters. The number of carbonyl (C=O) groups excluding carboxylic acids is 1. The number of aliphatic imine (C=N–C) groups is 1. The molecule has 1 saturated carbocycles. The Hall–Kier alpha value is -3.34. The van der Waals surface area contributed by atoms with Crippen molar-refractivity contribution in [2.75, 3.05) is 5.32 Å². The molecule has 0 bridgehead atoms. The van der Waals surface area contributed by atoms with E-state index in [4.69, 9.17) is 0 Å². The van der Waals surface area contributed by atoms with E-state index in [2.05, 4.69) is 37.3 Å². The van der Waals surface area contributed by atoms with Gasteiger partial charge >= 0.3 is 0 Å². The van der Waals surface area contributed by atoms with Crippen molar-refractivity contribution >= 4 is 30.1 Å². The van der Waals surface area contributed by atoms with Gasteiger partial charge in [0.15, 0.2) is 5.82 Å². The van der Waals surface area contributed by atoms with Gasteiger partial charge in [-0.15, -0.1) is 11.8 Å². The first kappa shape index (κ1) is 22.8. The molecule has 1 aliphatic rings. The van der Waals surface area contributed by atoms with Crippen LogP contribution >= 0.6 is 11.8 Å². The van der Waals surface area contributed by atoms with Crippen molar-refractivity contribution in [3.63, 3.8) is 0 Å². The average Bonchev–Trinajstić information content (AvgIpc) is 3.49. The summed E-state index contributed by atoms with van der Waals surface area (Å²) in [5, 5.41) is 15.4. The predicted octanol–water partition coefficient (Wildman–Crippen LogP) is 4.87. The fraction of sp³-hybridized carbons (Fsp3) is 0.318. The molecule has 2 N–H and O–H groups in total. The van der Waals surface area contributed by atoms with Gasteiger partial charge in [-0.3, -0.25) is 19.6 Å². The molecule has 1 aliphatic carbocycles. The number of H-pyrrole nitrogens is 1. The van der Waals surface area contributed by atoms with Crippen LogP contribution in [0.3, 0.4) is 0 Å². The van der Waals surface area contributed by atoms with Crippen LogP contribution in [-0.2, 0) is 10.5 Å². The maximum atomic E-state index is 14.5. The van der Waals surface area contributed by atoms with Crippen LogP contribution in [0.15, 0.2) is 46.8 Å². The molecule has 172 valence electrons. The number of pyridine rings is 1. The van der Waals surface area contributed by atoms with Gasteiger partial charge in [-0.2, -0.15) is 14.6 Å². The minimum atomic E-state index is -0.833. The summed E-state index contributed by atoms with van der Waals surface area (Å²) in [5.74, 6) is -1.51. The summed E-state index contributed by atoms with van der Waals surface area (Å²) in [4.78, 5) is 20.4. The first-order valence-electron chi connectivity index (χ1n) is 10.5. The van der Waals surface area contributed by atoms with Crippen molar-refractivity contribution in [3.05, 3.63) is 59.2 Å². The lowest BCUT2D eigenvalue weighted by Crippen LogP contribution is -2.14. The van der Waals surface area contributed by atoms with Crippen LogP contribution in [0.1, 0.15) is 43.7 Å². The normalized spacial score (nSPS) is 14.9. The highest BCUT2D eigenvalue weighted by molar-refractivity contribution is 8.01. The number of anilines is 1. The molecular formula is C22H23F2N7OS. The van der Waals surface area contributed by atoms with E-state index in [-0.39, 0.29) is 28.8 Å². The third-order valence-electron chi connectivity index (χ3n) is 5.37. The molecule has 0 spiro atoms. The van der Waals surface area contributed by atoms with Crippen molar-refractivity contribution in [1.29, 1.82) is 0 Å². The molecule has 0 aromatic carbocycles. The minimum absolute atomic E-state index is 0.0698. The van der Waals surface area contributed by atoms with E-state index in [1.54, 1.807) is 28.7 Å². The van der Waals surface area contributed by atoms with Crippen LogP contribution in [-0.4, -0.2) is 37.6 Å². The number of amides is 1. The van der Waals surface area contributed by atoms with Gasteiger partial charge in [-0.1, -0.05) is 19.3 Å². The van der Waals surface area contributed by atoms with Crippen LogP contribution in [0, 0.1) is 11.8 Å².